The van der Waals surface area contributed by atoms with Crippen LogP contribution in [0.25, 0.3) is 6.08 Å². The molecule has 0 aliphatic heterocycles. The number of thiocarbonyl (C=S) groups is 1. The highest BCUT2D eigenvalue weighted by Crippen LogP contribution is 2.22. The van der Waals surface area contributed by atoms with Gasteiger partial charge in [-0.25, -0.2) is 18.4 Å². The first-order valence-electron chi connectivity index (χ1n) is 8.69. The number of sulfonamides is 1. The summed E-state index contributed by atoms with van der Waals surface area (Å²) >= 11 is 6.62. The normalized spacial score (nSPS) is 11.1. The summed E-state index contributed by atoms with van der Waals surface area (Å²) in [6, 6.07) is 9.57. The maximum atomic E-state index is 12.6. The summed E-state index contributed by atoms with van der Waals surface area (Å²) in [5.41, 5.74) is 0.503. The van der Waals surface area contributed by atoms with Crippen molar-refractivity contribution in [1.82, 2.24) is 15.3 Å². The van der Waals surface area contributed by atoms with E-state index in [1.54, 1.807) is 6.08 Å². The lowest BCUT2D eigenvalue weighted by atomic mass is 10.3. The number of carbonyl (C=O) groups excluding carboxylic acids is 1. The number of nitrogens with zero attached hydrogens (tertiary/aromatic N) is 2. The lowest BCUT2D eigenvalue weighted by Gasteiger charge is -2.11. The van der Waals surface area contributed by atoms with Crippen LogP contribution in [0.4, 0.5) is 11.5 Å². The topological polar surface area (TPSA) is 122 Å². The molecule has 3 aromatic rings. The zero-order chi connectivity index (χ0) is 22.3. The molecule has 0 atom stereocenters. The minimum absolute atomic E-state index is 0.000378. The molecule has 9 nitrogen and oxygen atoms in total. The van der Waals surface area contributed by atoms with E-state index in [4.69, 9.17) is 17.0 Å². The summed E-state index contributed by atoms with van der Waals surface area (Å²) in [5.74, 6) is -0.350. The monoisotopic (exact) mass is 475 g/mol. The van der Waals surface area contributed by atoms with Gasteiger partial charge in [-0.1, -0.05) is 6.07 Å². The number of amides is 1. The van der Waals surface area contributed by atoms with Gasteiger partial charge in [-0.05, 0) is 54.0 Å². The number of carbonyl (C=O) groups is 1. The number of benzene rings is 1. The highest BCUT2D eigenvalue weighted by atomic mass is 32.2. The fourth-order valence-electron chi connectivity index (χ4n) is 2.31. The molecule has 0 saturated carbocycles. The van der Waals surface area contributed by atoms with E-state index in [-0.39, 0.29) is 27.6 Å². The Morgan fingerprint density at radius 1 is 1.16 bits per heavy atom. The van der Waals surface area contributed by atoms with Gasteiger partial charge in [-0.3, -0.25) is 14.8 Å². The van der Waals surface area contributed by atoms with Crippen molar-refractivity contribution in [1.29, 1.82) is 0 Å². The van der Waals surface area contributed by atoms with Crippen molar-refractivity contribution in [3.63, 3.8) is 0 Å². The Bertz CT molecular complexity index is 1190. The molecule has 0 saturated heterocycles. The molecular formula is C19H17N5O4S3. The van der Waals surface area contributed by atoms with Crippen molar-refractivity contribution in [3.8, 4) is 5.88 Å². The first-order valence-corrected chi connectivity index (χ1v) is 11.5. The van der Waals surface area contributed by atoms with Gasteiger partial charge in [0.1, 0.15) is 0 Å². The minimum atomic E-state index is -3.91. The van der Waals surface area contributed by atoms with E-state index in [1.165, 1.54) is 61.2 Å². The van der Waals surface area contributed by atoms with E-state index in [0.29, 0.717) is 5.69 Å². The van der Waals surface area contributed by atoms with Crippen LogP contribution < -0.4 is 20.1 Å². The molecule has 0 radical (unpaired) electrons. The van der Waals surface area contributed by atoms with Crippen molar-refractivity contribution in [2.75, 3.05) is 17.1 Å². The maximum absolute atomic E-state index is 12.6. The predicted molar refractivity (Wildman–Crippen MR) is 124 cm³/mol. The van der Waals surface area contributed by atoms with Crippen LogP contribution in [0.3, 0.4) is 0 Å². The Hall–Kier alpha value is -3.35. The predicted octanol–water partition coefficient (Wildman–Crippen LogP) is 2.87. The van der Waals surface area contributed by atoms with Crippen LogP contribution in [0, 0.1) is 0 Å². The molecule has 0 spiro atoms. The van der Waals surface area contributed by atoms with Crippen LogP contribution in [0.5, 0.6) is 5.88 Å². The van der Waals surface area contributed by atoms with Crippen LogP contribution in [-0.4, -0.2) is 36.5 Å². The largest absolute Gasteiger partial charge is 0.478 e. The van der Waals surface area contributed by atoms with Crippen molar-refractivity contribution < 1.29 is 17.9 Å². The zero-order valence-electron chi connectivity index (χ0n) is 16.1. The maximum Gasteiger partial charge on any atom is 0.263 e. The molecule has 12 heteroatoms. The van der Waals surface area contributed by atoms with Gasteiger partial charge in [0.15, 0.2) is 5.11 Å². The Morgan fingerprint density at radius 2 is 1.90 bits per heavy atom. The second kappa shape index (κ2) is 10.1. The summed E-state index contributed by atoms with van der Waals surface area (Å²) in [6.45, 7) is 0. The van der Waals surface area contributed by atoms with Gasteiger partial charge in [-0.15, -0.1) is 11.3 Å². The van der Waals surface area contributed by atoms with Gasteiger partial charge in [0.05, 0.1) is 12.0 Å². The van der Waals surface area contributed by atoms with E-state index >= 15 is 0 Å². The number of rotatable bonds is 7. The molecular weight excluding hydrogens is 458 g/mol. The number of thiophene rings is 1. The third-order valence-electron chi connectivity index (χ3n) is 3.69. The molecule has 1 amide bonds. The standard InChI is InChI=1S/C19H17N5O4S3/c1-28-18-17(20-10-11-21-18)24-31(26,27)15-7-4-13(5-8-15)22-19(29)23-16(25)9-6-14-3-2-12-30-14/h2-12H,1H3,(H,20,24)(H2,22,23,25,29)/b9-6-. The molecule has 0 aliphatic rings. The zero-order valence-corrected chi connectivity index (χ0v) is 18.6. The molecule has 3 rings (SSSR count). The lowest BCUT2D eigenvalue weighted by molar-refractivity contribution is -0.115. The van der Waals surface area contributed by atoms with Crippen LogP contribution in [0.1, 0.15) is 4.88 Å². The van der Waals surface area contributed by atoms with E-state index in [0.717, 1.165) is 4.88 Å². The third kappa shape index (κ3) is 6.31. The van der Waals surface area contributed by atoms with Crippen LogP contribution in [0.15, 0.2) is 65.1 Å². The van der Waals surface area contributed by atoms with Crippen molar-refractivity contribution >= 4 is 62.2 Å². The summed E-state index contributed by atoms with van der Waals surface area (Å²) in [5, 5.41) is 7.34. The Balaban J connectivity index is 1.60. The van der Waals surface area contributed by atoms with E-state index < -0.39 is 10.0 Å². The highest BCUT2D eigenvalue weighted by Gasteiger charge is 2.18. The average Bonchev–Trinajstić information content (AvgIpc) is 3.26. The molecule has 0 aliphatic carbocycles. The number of hydrogen-bond donors (Lipinski definition) is 3. The van der Waals surface area contributed by atoms with Gasteiger partial charge < -0.3 is 10.1 Å². The molecule has 0 fully saturated rings. The van der Waals surface area contributed by atoms with Crippen LogP contribution in [0.2, 0.25) is 0 Å². The first-order chi connectivity index (χ1) is 14.9. The molecule has 160 valence electrons. The number of ether oxygens (including phenoxy) is 1. The van der Waals surface area contributed by atoms with E-state index in [9.17, 15) is 13.2 Å². The Kier molecular flexibility index (Phi) is 7.28. The molecule has 0 unspecified atom stereocenters. The Morgan fingerprint density at radius 3 is 2.58 bits per heavy atom. The smallest absolute Gasteiger partial charge is 0.263 e. The summed E-state index contributed by atoms with van der Waals surface area (Å²) < 4.78 is 32.5. The third-order valence-corrected chi connectivity index (χ3v) is 6.09. The van der Waals surface area contributed by atoms with Gasteiger partial charge in [0.25, 0.3) is 15.9 Å². The van der Waals surface area contributed by atoms with Crippen molar-refractivity contribution in [3.05, 3.63) is 65.1 Å². The van der Waals surface area contributed by atoms with Crippen LogP contribution >= 0.6 is 23.6 Å². The molecule has 2 heterocycles. The molecule has 0 bridgehead atoms. The number of aromatic nitrogens is 2. The Labute approximate surface area is 188 Å². The summed E-state index contributed by atoms with van der Waals surface area (Å²) in [6.07, 6.45) is 5.79. The molecule has 31 heavy (non-hydrogen) atoms. The molecule has 2 aromatic heterocycles. The highest BCUT2D eigenvalue weighted by molar-refractivity contribution is 7.92. The van der Waals surface area contributed by atoms with Gasteiger partial charge in [0.2, 0.25) is 11.7 Å². The quantitative estimate of drug-likeness (QED) is 0.352. The first kappa shape index (κ1) is 22.3. The SMILES string of the molecule is COc1nccnc1NS(=O)(=O)c1ccc(NC(=S)NC(=O)/C=C\c2cccs2)cc1. The second-order valence-corrected chi connectivity index (χ2v) is 8.91. The number of hydrogen-bond acceptors (Lipinski definition) is 8. The second-order valence-electron chi connectivity index (χ2n) is 5.84. The average molecular weight is 476 g/mol. The molecule has 1 aromatic carbocycles. The summed E-state index contributed by atoms with van der Waals surface area (Å²) in [7, 11) is -2.55. The number of anilines is 2. The lowest BCUT2D eigenvalue weighted by Crippen LogP contribution is -2.32. The fourth-order valence-corrected chi connectivity index (χ4v) is 4.15. The fraction of sp³-hybridized carbons (Fsp3) is 0.0526. The number of nitrogens with one attached hydrogen (secondary N) is 3. The van der Waals surface area contributed by atoms with E-state index in [1.807, 2.05) is 17.5 Å². The summed E-state index contributed by atoms with van der Waals surface area (Å²) in [4.78, 5) is 20.7. The van der Waals surface area contributed by atoms with Crippen molar-refractivity contribution in [2.45, 2.75) is 4.90 Å². The van der Waals surface area contributed by atoms with Gasteiger partial charge >= 0.3 is 0 Å². The van der Waals surface area contributed by atoms with Crippen molar-refractivity contribution in [2.24, 2.45) is 0 Å². The molecule has 3 N–H and O–H groups in total. The van der Waals surface area contributed by atoms with Gasteiger partial charge in [-0.2, -0.15) is 0 Å². The minimum Gasteiger partial charge on any atom is -0.478 e. The number of methoxy groups -OCH3 is 1. The van der Waals surface area contributed by atoms with Crippen LogP contribution in [-0.2, 0) is 14.8 Å². The van der Waals surface area contributed by atoms with Gasteiger partial charge in [0, 0.05) is 29.0 Å². The van der Waals surface area contributed by atoms with E-state index in [2.05, 4.69) is 25.3 Å².